The van der Waals surface area contributed by atoms with Gasteiger partial charge in [0.25, 0.3) is 0 Å². The van der Waals surface area contributed by atoms with Gasteiger partial charge in [0.1, 0.15) is 34.9 Å². The number of carbonyl (C=O) groups is 4. The van der Waals surface area contributed by atoms with Crippen LogP contribution in [0.15, 0.2) is 65.3 Å². The van der Waals surface area contributed by atoms with Gasteiger partial charge in [0.05, 0.1) is 50.1 Å². The van der Waals surface area contributed by atoms with E-state index in [1.165, 1.54) is 14.2 Å². The Morgan fingerprint density at radius 1 is 0.639 bits per heavy atom. The number of H-pyrrole nitrogens is 2. The Labute approximate surface area is 354 Å². The molecule has 61 heavy (non-hydrogen) atoms. The van der Waals surface area contributed by atoms with Crippen LogP contribution in [-0.2, 0) is 19.1 Å². The first kappa shape index (κ1) is 41.4. The van der Waals surface area contributed by atoms with E-state index in [4.69, 9.17) is 23.9 Å². The van der Waals surface area contributed by atoms with Crippen molar-refractivity contribution in [3.63, 3.8) is 0 Å². The number of nitrogens with one attached hydrogen (secondary N) is 4. The summed E-state index contributed by atoms with van der Waals surface area (Å²) < 4.78 is 15.9. The van der Waals surface area contributed by atoms with Crippen LogP contribution in [0, 0.1) is 11.8 Å². The molecule has 15 heteroatoms. The predicted octanol–water partition coefficient (Wildman–Crippen LogP) is 8.34. The predicted molar refractivity (Wildman–Crippen MR) is 230 cm³/mol. The second-order valence-electron chi connectivity index (χ2n) is 16.8. The fourth-order valence-corrected chi connectivity index (χ4v) is 9.03. The summed E-state index contributed by atoms with van der Waals surface area (Å²) in [5.74, 6) is 0.878. The summed E-state index contributed by atoms with van der Waals surface area (Å²) >= 11 is 0. The minimum atomic E-state index is -0.719. The van der Waals surface area contributed by atoms with E-state index in [1.54, 1.807) is 0 Å². The molecule has 0 aliphatic carbocycles. The third kappa shape index (κ3) is 8.00. The SMILES string of the molecule is COC(=O)NC(C(=O)N1CCCCC1c1ncc(-c2ccc(-c3ccc(-c4cnc(C5CCCCN5C(=O)C(NC(=O)OC)C(C)C)[nH]4)c4c5ccc(o5)c34)cc2)[nH]1)C(C)C. The van der Waals surface area contributed by atoms with Crippen molar-refractivity contribution in [2.45, 2.75) is 90.4 Å². The molecule has 0 saturated carbocycles. The summed E-state index contributed by atoms with van der Waals surface area (Å²) in [4.78, 5) is 72.2. The lowest BCUT2D eigenvalue weighted by Gasteiger charge is -2.37. The van der Waals surface area contributed by atoms with Gasteiger partial charge in [0, 0.05) is 29.4 Å². The van der Waals surface area contributed by atoms with Crippen molar-refractivity contribution >= 4 is 45.9 Å². The van der Waals surface area contributed by atoms with Gasteiger partial charge in [-0.05, 0) is 79.2 Å². The maximum atomic E-state index is 13.9. The number of likely N-dealkylation sites (tertiary alicyclic amines) is 2. The van der Waals surface area contributed by atoms with Gasteiger partial charge >= 0.3 is 12.2 Å². The lowest BCUT2D eigenvalue weighted by atomic mass is 9.93. The third-order valence-electron chi connectivity index (χ3n) is 12.3. The van der Waals surface area contributed by atoms with E-state index < -0.39 is 24.3 Å². The highest BCUT2D eigenvalue weighted by atomic mass is 16.5. The lowest BCUT2D eigenvalue weighted by Crippen LogP contribution is -2.53. The molecule has 2 bridgehead atoms. The molecule has 320 valence electrons. The monoisotopic (exact) mass is 830 g/mol. The second kappa shape index (κ2) is 17.3. The van der Waals surface area contributed by atoms with Gasteiger partial charge in [-0.2, -0.15) is 0 Å². The molecular weight excluding hydrogens is 777 g/mol. The zero-order chi connectivity index (χ0) is 42.9. The minimum Gasteiger partial charge on any atom is -0.456 e. The van der Waals surface area contributed by atoms with E-state index in [0.29, 0.717) is 18.9 Å². The van der Waals surface area contributed by atoms with Crippen molar-refractivity contribution in [3.05, 3.63) is 72.6 Å². The Hall–Kier alpha value is -6.38. The van der Waals surface area contributed by atoms with Crippen LogP contribution in [0.1, 0.15) is 90.0 Å². The quantitative estimate of drug-likeness (QED) is 0.0995. The Morgan fingerprint density at radius 2 is 1.10 bits per heavy atom. The molecule has 4 unspecified atom stereocenters. The Bertz CT molecular complexity index is 2520. The largest absolute Gasteiger partial charge is 0.456 e. The van der Waals surface area contributed by atoms with Gasteiger partial charge in [-0.15, -0.1) is 0 Å². The topological polar surface area (TPSA) is 188 Å². The normalized spacial score (nSPS) is 18.2. The number of nitrogens with zero attached hydrogens (tertiary/aromatic N) is 4. The first-order valence-corrected chi connectivity index (χ1v) is 21.3. The molecule has 2 aliphatic rings. The number of carbonyl (C=O) groups excluding carboxylic acids is 4. The molecule has 2 fully saturated rings. The fourth-order valence-electron chi connectivity index (χ4n) is 9.03. The molecule has 0 radical (unpaired) electrons. The molecule has 2 aromatic carbocycles. The smallest absolute Gasteiger partial charge is 0.407 e. The van der Waals surface area contributed by atoms with Crippen LogP contribution >= 0.6 is 0 Å². The van der Waals surface area contributed by atoms with Crippen molar-refractivity contribution in [1.82, 2.24) is 40.4 Å². The van der Waals surface area contributed by atoms with Crippen LogP contribution < -0.4 is 10.6 Å². The van der Waals surface area contributed by atoms with E-state index in [0.717, 1.165) is 99.9 Å². The second-order valence-corrected chi connectivity index (χ2v) is 16.8. The molecule has 2 aliphatic heterocycles. The number of fused-ring (bicyclic) bond motifs is 5. The molecule has 15 nitrogen and oxygen atoms in total. The number of hydrogen-bond donors (Lipinski definition) is 4. The number of imidazole rings is 2. The number of benzene rings is 3. The summed E-state index contributed by atoms with van der Waals surface area (Å²) in [5.41, 5.74) is 7.19. The van der Waals surface area contributed by atoms with Gasteiger partial charge in [0.15, 0.2) is 0 Å². The number of aromatic nitrogens is 4. The molecule has 2 saturated heterocycles. The first-order chi connectivity index (χ1) is 29.5. The molecule has 8 rings (SSSR count). The highest BCUT2D eigenvalue weighted by Gasteiger charge is 2.38. The third-order valence-corrected chi connectivity index (χ3v) is 12.3. The van der Waals surface area contributed by atoms with Gasteiger partial charge in [-0.25, -0.2) is 19.6 Å². The number of methoxy groups -OCH3 is 2. The molecule has 0 spiro atoms. The van der Waals surface area contributed by atoms with Crippen molar-refractivity contribution < 1.29 is 33.1 Å². The molecule has 6 aromatic rings. The van der Waals surface area contributed by atoms with Crippen LogP contribution in [0.2, 0.25) is 0 Å². The maximum Gasteiger partial charge on any atom is 0.407 e. The van der Waals surface area contributed by atoms with E-state index in [1.807, 2.05) is 62.0 Å². The first-order valence-electron chi connectivity index (χ1n) is 21.3. The highest BCUT2D eigenvalue weighted by molar-refractivity contribution is 6.19. The zero-order valence-electron chi connectivity index (χ0n) is 35.5. The Balaban J connectivity index is 1.04. The lowest BCUT2D eigenvalue weighted by molar-refractivity contribution is -0.139. The highest BCUT2D eigenvalue weighted by Crippen LogP contribution is 2.44. The summed E-state index contributed by atoms with van der Waals surface area (Å²) in [6, 6.07) is 14.6. The van der Waals surface area contributed by atoms with Gasteiger partial charge < -0.3 is 44.3 Å². The molecule has 4 atom stereocenters. The summed E-state index contributed by atoms with van der Waals surface area (Å²) in [6.07, 6.45) is 7.58. The molecule has 4 amide bonds. The van der Waals surface area contributed by atoms with Crippen LogP contribution in [0.3, 0.4) is 0 Å². The number of hydrogen-bond acceptors (Lipinski definition) is 9. The summed E-state index contributed by atoms with van der Waals surface area (Å²) in [6.45, 7) is 8.78. The maximum absolute atomic E-state index is 13.9. The number of alkyl carbamates (subject to hydrolysis) is 2. The van der Waals surface area contributed by atoms with Gasteiger partial charge in [-0.1, -0.05) is 64.1 Å². The van der Waals surface area contributed by atoms with Gasteiger partial charge in [-0.3, -0.25) is 9.59 Å². The van der Waals surface area contributed by atoms with Crippen molar-refractivity contribution in [3.8, 4) is 33.6 Å². The number of amides is 4. The van der Waals surface area contributed by atoms with Crippen molar-refractivity contribution in [2.24, 2.45) is 11.8 Å². The van der Waals surface area contributed by atoms with Crippen LogP contribution in [-0.4, -0.2) is 93.1 Å². The number of furan rings is 2. The van der Waals surface area contributed by atoms with E-state index >= 15 is 0 Å². The average Bonchev–Trinajstić information content (AvgIpc) is 4.13. The Kier molecular flexibility index (Phi) is 11.7. The number of ether oxygens (including phenoxy) is 2. The fraction of sp³-hybridized carbons (Fsp3) is 0.435. The number of rotatable bonds is 11. The van der Waals surface area contributed by atoms with Crippen molar-refractivity contribution in [2.75, 3.05) is 27.3 Å². The van der Waals surface area contributed by atoms with Crippen molar-refractivity contribution in [1.29, 1.82) is 0 Å². The van der Waals surface area contributed by atoms with E-state index in [-0.39, 0.29) is 35.7 Å². The van der Waals surface area contributed by atoms with Crippen LogP contribution in [0.5, 0.6) is 0 Å². The molecule has 4 N–H and O–H groups in total. The Morgan fingerprint density at radius 3 is 1.61 bits per heavy atom. The number of piperidine rings is 2. The molecule has 6 heterocycles. The van der Waals surface area contributed by atoms with Crippen LogP contribution in [0.4, 0.5) is 9.59 Å². The zero-order valence-corrected chi connectivity index (χ0v) is 35.5. The molecular formula is C46H54N8O7. The van der Waals surface area contributed by atoms with E-state index in [9.17, 15) is 19.2 Å². The minimum absolute atomic E-state index is 0.121. The number of aromatic amines is 2. The summed E-state index contributed by atoms with van der Waals surface area (Å²) in [5, 5.41) is 7.45. The van der Waals surface area contributed by atoms with Crippen LogP contribution in [0.25, 0.3) is 55.6 Å². The molecule has 4 aromatic heterocycles. The van der Waals surface area contributed by atoms with E-state index in [2.05, 4.69) is 57.0 Å². The summed E-state index contributed by atoms with van der Waals surface area (Å²) in [7, 11) is 2.59. The van der Waals surface area contributed by atoms with Gasteiger partial charge in [0.2, 0.25) is 11.8 Å². The standard InChI is InChI=1S/C46H54N8O7/c1-25(2)39(51-45(57)59-5)43(55)53-21-9-7-11-33(53)41-47-23-31(49-41)28-15-13-27(14-16-28)29-17-18-30(38-36-20-19-35(61-36)37(29)38)32-24-48-42(50-32)34-12-8-10-22-54(34)44(56)40(26(3)4)52-46(58)60-6/h13-20,23-26,33-34,39-40H,7-12,21-22H2,1-6H3,(H,47,49)(H,48,50)(H,51,57)(H,52,58). The average molecular weight is 831 g/mol.